The van der Waals surface area contributed by atoms with E-state index in [4.69, 9.17) is 0 Å². The maximum absolute atomic E-state index is 3.46. The van der Waals surface area contributed by atoms with Crippen LogP contribution in [-0.2, 0) is 19.5 Å². The molecule has 0 radical (unpaired) electrons. The monoisotopic (exact) mass is 244 g/mol. The molecule has 2 aliphatic heterocycles. The molecule has 2 aliphatic rings. The van der Waals surface area contributed by atoms with Gasteiger partial charge in [0.25, 0.3) is 0 Å². The summed E-state index contributed by atoms with van der Waals surface area (Å²) in [6.45, 7) is 8.26. The van der Waals surface area contributed by atoms with Gasteiger partial charge in [-0.05, 0) is 61.5 Å². The third kappa shape index (κ3) is 2.76. The van der Waals surface area contributed by atoms with E-state index in [0.717, 1.165) is 25.6 Å². The van der Waals surface area contributed by atoms with E-state index >= 15 is 0 Å². The Bertz CT molecular complexity index is 406. The summed E-state index contributed by atoms with van der Waals surface area (Å²) in [5, 5.41) is 3.46. The van der Waals surface area contributed by atoms with Crippen molar-refractivity contribution >= 4 is 0 Å². The number of hydrogen-bond donors (Lipinski definition) is 1. The average Bonchev–Trinajstić information content (AvgIpc) is 2.41. The Labute approximate surface area is 110 Å². The molecule has 18 heavy (non-hydrogen) atoms. The van der Waals surface area contributed by atoms with Crippen LogP contribution >= 0.6 is 0 Å². The zero-order valence-corrected chi connectivity index (χ0v) is 11.4. The van der Waals surface area contributed by atoms with Crippen molar-refractivity contribution in [1.82, 2.24) is 10.2 Å². The molecule has 1 aromatic carbocycles. The van der Waals surface area contributed by atoms with Crippen LogP contribution in [0.25, 0.3) is 0 Å². The van der Waals surface area contributed by atoms with Gasteiger partial charge in [0, 0.05) is 13.1 Å². The van der Waals surface area contributed by atoms with Crippen molar-refractivity contribution in [2.24, 2.45) is 5.92 Å². The van der Waals surface area contributed by atoms with E-state index in [9.17, 15) is 0 Å². The number of hydrogen-bond acceptors (Lipinski definition) is 2. The van der Waals surface area contributed by atoms with Crippen molar-refractivity contribution in [2.45, 2.75) is 39.3 Å². The lowest BCUT2D eigenvalue weighted by Crippen LogP contribution is -2.32. The molecule has 2 nitrogen and oxygen atoms in total. The Morgan fingerprint density at radius 2 is 2.06 bits per heavy atom. The normalized spacial score (nSPS) is 21.8. The highest BCUT2D eigenvalue weighted by Gasteiger charge is 2.16. The van der Waals surface area contributed by atoms with Crippen LogP contribution in [0.15, 0.2) is 18.2 Å². The third-order valence-corrected chi connectivity index (χ3v) is 4.44. The smallest absolute Gasteiger partial charge is 0.0233 e. The van der Waals surface area contributed by atoms with Gasteiger partial charge in [-0.25, -0.2) is 0 Å². The molecular weight excluding hydrogens is 220 g/mol. The first-order valence-corrected chi connectivity index (χ1v) is 7.35. The zero-order valence-electron chi connectivity index (χ0n) is 11.4. The van der Waals surface area contributed by atoms with E-state index in [-0.39, 0.29) is 0 Å². The molecule has 3 rings (SSSR count). The van der Waals surface area contributed by atoms with Crippen molar-refractivity contribution in [3.05, 3.63) is 34.9 Å². The molecule has 2 heteroatoms. The summed E-state index contributed by atoms with van der Waals surface area (Å²) >= 11 is 0. The van der Waals surface area contributed by atoms with Crippen LogP contribution in [0, 0.1) is 5.92 Å². The van der Waals surface area contributed by atoms with Gasteiger partial charge in [-0.1, -0.05) is 25.1 Å². The molecule has 1 saturated heterocycles. The molecule has 1 aromatic rings. The summed E-state index contributed by atoms with van der Waals surface area (Å²) in [4.78, 5) is 2.61. The van der Waals surface area contributed by atoms with E-state index in [0.29, 0.717) is 0 Å². The third-order valence-electron chi connectivity index (χ3n) is 4.44. The van der Waals surface area contributed by atoms with Gasteiger partial charge in [0.15, 0.2) is 0 Å². The summed E-state index contributed by atoms with van der Waals surface area (Å²) < 4.78 is 0. The minimum atomic E-state index is 0.925. The predicted molar refractivity (Wildman–Crippen MR) is 75.5 cm³/mol. The summed E-state index contributed by atoms with van der Waals surface area (Å²) in [6, 6.07) is 7.10. The summed E-state index contributed by atoms with van der Waals surface area (Å²) in [6.07, 6.45) is 3.93. The fourth-order valence-corrected chi connectivity index (χ4v) is 3.11. The number of nitrogens with zero attached hydrogens (tertiary/aromatic N) is 1. The number of fused-ring (bicyclic) bond motifs is 1. The van der Waals surface area contributed by atoms with Gasteiger partial charge in [0.1, 0.15) is 0 Å². The van der Waals surface area contributed by atoms with Gasteiger partial charge in [0.2, 0.25) is 0 Å². The van der Waals surface area contributed by atoms with Crippen LogP contribution in [0.2, 0.25) is 0 Å². The predicted octanol–water partition coefficient (Wildman–Crippen LogP) is 2.56. The Morgan fingerprint density at radius 3 is 2.89 bits per heavy atom. The molecule has 0 aliphatic carbocycles. The zero-order chi connectivity index (χ0) is 12.4. The Hall–Kier alpha value is -0.860. The van der Waals surface area contributed by atoms with Crippen LogP contribution in [-0.4, -0.2) is 24.5 Å². The van der Waals surface area contributed by atoms with Crippen molar-refractivity contribution < 1.29 is 0 Å². The fraction of sp³-hybridized carbons (Fsp3) is 0.625. The van der Waals surface area contributed by atoms with Crippen LogP contribution < -0.4 is 5.32 Å². The number of rotatable bonds is 2. The summed E-state index contributed by atoms with van der Waals surface area (Å²) in [7, 11) is 0. The van der Waals surface area contributed by atoms with E-state index < -0.39 is 0 Å². The highest BCUT2D eigenvalue weighted by atomic mass is 15.1. The van der Waals surface area contributed by atoms with Gasteiger partial charge in [-0.3, -0.25) is 4.90 Å². The van der Waals surface area contributed by atoms with Crippen LogP contribution in [0.3, 0.4) is 0 Å². The molecule has 1 N–H and O–H groups in total. The van der Waals surface area contributed by atoms with Crippen molar-refractivity contribution in [3.63, 3.8) is 0 Å². The largest absolute Gasteiger partial charge is 0.312 e. The molecule has 0 atom stereocenters. The lowest BCUT2D eigenvalue weighted by Gasteiger charge is -2.30. The van der Waals surface area contributed by atoms with Crippen LogP contribution in [0.4, 0.5) is 0 Å². The first-order chi connectivity index (χ1) is 8.81. The lowest BCUT2D eigenvalue weighted by molar-refractivity contribution is 0.185. The van der Waals surface area contributed by atoms with E-state index in [1.165, 1.54) is 43.5 Å². The van der Waals surface area contributed by atoms with Crippen molar-refractivity contribution in [1.29, 1.82) is 0 Å². The maximum Gasteiger partial charge on any atom is 0.0233 e. The van der Waals surface area contributed by atoms with E-state index in [1.807, 2.05) is 0 Å². The second kappa shape index (κ2) is 5.41. The van der Waals surface area contributed by atoms with Crippen molar-refractivity contribution in [2.75, 3.05) is 19.6 Å². The number of benzene rings is 1. The first-order valence-electron chi connectivity index (χ1n) is 7.35. The fourth-order valence-electron chi connectivity index (χ4n) is 3.11. The Kier molecular flexibility index (Phi) is 3.67. The molecule has 98 valence electrons. The first kappa shape index (κ1) is 12.2. The van der Waals surface area contributed by atoms with Crippen LogP contribution in [0.5, 0.6) is 0 Å². The number of piperidine rings is 1. The second-order valence-corrected chi connectivity index (χ2v) is 5.99. The molecule has 0 bridgehead atoms. The molecule has 2 heterocycles. The topological polar surface area (TPSA) is 15.3 Å². The summed E-state index contributed by atoms with van der Waals surface area (Å²) in [5.74, 6) is 0.925. The van der Waals surface area contributed by atoms with Crippen molar-refractivity contribution in [3.8, 4) is 0 Å². The molecule has 1 fully saturated rings. The number of likely N-dealkylation sites (tertiary alicyclic amines) is 1. The van der Waals surface area contributed by atoms with Gasteiger partial charge in [0.05, 0.1) is 0 Å². The minimum Gasteiger partial charge on any atom is -0.312 e. The highest BCUT2D eigenvalue weighted by Crippen LogP contribution is 2.20. The highest BCUT2D eigenvalue weighted by molar-refractivity contribution is 5.33. The standard InChI is InChI=1S/C16H24N2/c1-13-5-8-18(9-6-13)12-14-2-3-15-4-7-17-11-16(15)10-14/h2-3,10,13,17H,4-9,11-12H2,1H3. The second-order valence-electron chi connectivity index (χ2n) is 5.99. The molecule has 0 aromatic heterocycles. The molecule has 0 spiro atoms. The maximum atomic E-state index is 3.46. The molecular formula is C16H24N2. The van der Waals surface area contributed by atoms with Crippen LogP contribution in [0.1, 0.15) is 36.5 Å². The lowest BCUT2D eigenvalue weighted by atomic mass is 9.96. The quantitative estimate of drug-likeness (QED) is 0.860. The SMILES string of the molecule is CC1CCN(Cc2ccc3c(c2)CNCC3)CC1. The minimum absolute atomic E-state index is 0.925. The summed E-state index contributed by atoms with van der Waals surface area (Å²) in [5.41, 5.74) is 4.56. The van der Waals surface area contributed by atoms with Gasteiger partial charge < -0.3 is 5.32 Å². The Morgan fingerprint density at radius 1 is 1.22 bits per heavy atom. The Balaban J connectivity index is 1.66. The van der Waals surface area contributed by atoms with E-state index in [1.54, 1.807) is 5.56 Å². The molecule has 0 amide bonds. The van der Waals surface area contributed by atoms with Gasteiger partial charge >= 0.3 is 0 Å². The molecule has 0 saturated carbocycles. The van der Waals surface area contributed by atoms with Gasteiger partial charge in [-0.2, -0.15) is 0 Å². The van der Waals surface area contributed by atoms with Gasteiger partial charge in [-0.15, -0.1) is 0 Å². The molecule has 0 unspecified atom stereocenters. The number of nitrogens with one attached hydrogen (secondary N) is 1. The van der Waals surface area contributed by atoms with E-state index in [2.05, 4.69) is 35.3 Å². The average molecular weight is 244 g/mol.